The molecule has 212 valence electrons. The van der Waals surface area contributed by atoms with Crippen molar-refractivity contribution in [3.63, 3.8) is 0 Å². The number of carbonyl (C=O) groups is 2. The lowest BCUT2D eigenvalue weighted by atomic mass is 9.77. The summed E-state index contributed by atoms with van der Waals surface area (Å²) in [4.78, 5) is 30.2. The van der Waals surface area contributed by atoms with Gasteiger partial charge in [0.15, 0.2) is 9.84 Å². The number of carbonyl (C=O) groups excluding carboxylic acids is 2. The van der Waals surface area contributed by atoms with Crippen molar-refractivity contribution in [3.8, 4) is 5.75 Å². The number of benzene rings is 2. The SMILES string of the molecule is CCOC(=O)NC(CCN1CCC2(CC1)CCN(Cc1ccc(S(C)(=O)=O)cc1)C2=O)c1ccc(OC)cc1. The Labute approximate surface area is 231 Å². The summed E-state index contributed by atoms with van der Waals surface area (Å²) in [6.07, 6.45) is 3.96. The second kappa shape index (κ2) is 12.4. The number of likely N-dealkylation sites (tertiary alicyclic amines) is 2. The van der Waals surface area contributed by atoms with Gasteiger partial charge in [-0.05, 0) is 81.1 Å². The van der Waals surface area contributed by atoms with E-state index in [0.29, 0.717) is 13.2 Å². The lowest BCUT2D eigenvalue weighted by molar-refractivity contribution is -0.138. The van der Waals surface area contributed by atoms with Crippen LogP contribution in [0.25, 0.3) is 0 Å². The van der Waals surface area contributed by atoms with E-state index in [2.05, 4.69) is 10.2 Å². The zero-order valence-electron chi connectivity index (χ0n) is 23.0. The molecule has 9 nitrogen and oxygen atoms in total. The predicted octanol–water partition coefficient (Wildman–Crippen LogP) is 3.79. The van der Waals surface area contributed by atoms with Gasteiger partial charge in [0.2, 0.25) is 5.91 Å². The number of nitrogens with zero attached hydrogens (tertiary/aromatic N) is 2. The van der Waals surface area contributed by atoms with Crippen molar-refractivity contribution in [2.24, 2.45) is 5.41 Å². The van der Waals surface area contributed by atoms with Gasteiger partial charge in [-0.25, -0.2) is 13.2 Å². The number of amides is 2. The van der Waals surface area contributed by atoms with Crippen LogP contribution < -0.4 is 10.1 Å². The third-order valence-electron chi connectivity index (χ3n) is 7.96. The normalized spacial score (nSPS) is 18.2. The molecule has 1 spiro atoms. The smallest absolute Gasteiger partial charge is 0.407 e. The van der Waals surface area contributed by atoms with Crippen LogP contribution >= 0.6 is 0 Å². The van der Waals surface area contributed by atoms with E-state index in [1.165, 1.54) is 6.26 Å². The summed E-state index contributed by atoms with van der Waals surface area (Å²) in [6, 6.07) is 14.3. The zero-order chi connectivity index (χ0) is 28.0. The molecule has 1 N–H and O–H groups in total. The van der Waals surface area contributed by atoms with Crippen molar-refractivity contribution >= 4 is 21.8 Å². The van der Waals surface area contributed by atoms with Gasteiger partial charge in [0.1, 0.15) is 5.75 Å². The number of rotatable bonds is 10. The number of ether oxygens (including phenoxy) is 2. The third kappa shape index (κ3) is 7.10. The second-order valence-corrected chi connectivity index (χ2v) is 12.5. The van der Waals surface area contributed by atoms with Crippen molar-refractivity contribution in [1.29, 1.82) is 0 Å². The number of methoxy groups -OCH3 is 1. The van der Waals surface area contributed by atoms with Gasteiger partial charge in [-0.15, -0.1) is 0 Å². The van der Waals surface area contributed by atoms with E-state index in [0.717, 1.165) is 68.7 Å². The van der Waals surface area contributed by atoms with Crippen molar-refractivity contribution < 1.29 is 27.5 Å². The van der Waals surface area contributed by atoms with Gasteiger partial charge >= 0.3 is 6.09 Å². The number of piperidine rings is 1. The molecule has 1 atom stereocenters. The van der Waals surface area contributed by atoms with Crippen LogP contribution in [0.15, 0.2) is 53.4 Å². The number of nitrogens with one attached hydrogen (secondary N) is 1. The quantitative estimate of drug-likeness (QED) is 0.474. The maximum absolute atomic E-state index is 13.4. The van der Waals surface area contributed by atoms with Gasteiger partial charge in [-0.1, -0.05) is 24.3 Å². The molecule has 2 amide bonds. The molecule has 0 bridgehead atoms. The Balaban J connectivity index is 1.31. The molecule has 0 radical (unpaired) electrons. The highest BCUT2D eigenvalue weighted by atomic mass is 32.2. The second-order valence-electron chi connectivity index (χ2n) is 10.5. The molecule has 10 heteroatoms. The van der Waals surface area contributed by atoms with Crippen LogP contribution in [0.2, 0.25) is 0 Å². The number of hydrogen-bond donors (Lipinski definition) is 1. The summed E-state index contributed by atoms with van der Waals surface area (Å²) >= 11 is 0. The molecule has 0 aliphatic carbocycles. The van der Waals surface area contributed by atoms with Crippen molar-refractivity contribution in [2.75, 3.05) is 46.2 Å². The van der Waals surface area contributed by atoms with E-state index in [1.54, 1.807) is 38.3 Å². The summed E-state index contributed by atoms with van der Waals surface area (Å²) in [6.45, 7) is 5.77. The number of hydrogen-bond acceptors (Lipinski definition) is 7. The standard InChI is InChI=1S/C29H39N3O6S/c1-4-38-28(34)30-26(23-7-9-24(37-2)10-8-23)13-17-31-18-14-29(15-19-31)16-20-32(27(29)33)21-22-5-11-25(12-6-22)39(3,35)36/h5-12,26H,4,13-21H2,1-3H3,(H,30,34). The van der Waals surface area contributed by atoms with Crippen LogP contribution in [-0.4, -0.2) is 76.4 Å². The van der Waals surface area contributed by atoms with Crippen LogP contribution in [0, 0.1) is 5.41 Å². The van der Waals surface area contributed by atoms with Crippen LogP contribution in [-0.2, 0) is 25.9 Å². The molecule has 2 aliphatic heterocycles. The molecule has 2 fully saturated rings. The van der Waals surface area contributed by atoms with Gasteiger partial charge in [-0.2, -0.15) is 0 Å². The molecule has 2 saturated heterocycles. The van der Waals surface area contributed by atoms with E-state index < -0.39 is 15.9 Å². The Morgan fingerprint density at radius 2 is 1.67 bits per heavy atom. The molecule has 39 heavy (non-hydrogen) atoms. The first-order valence-electron chi connectivity index (χ1n) is 13.5. The summed E-state index contributed by atoms with van der Waals surface area (Å²) in [5.41, 5.74) is 1.61. The monoisotopic (exact) mass is 557 g/mol. The Hall–Kier alpha value is -3.11. The van der Waals surface area contributed by atoms with Crippen molar-refractivity contribution in [1.82, 2.24) is 15.1 Å². The fourth-order valence-electron chi connectivity index (χ4n) is 5.56. The largest absolute Gasteiger partial charge is 0.497 e. The van der Waals surface area contributed by atoms with Crippen LogP contribution in [0.5, 0.6) is 5.75 Å². The highest BCUT2D eigenvalue weighted by Gasteiger charge is 2.47. The maximum Gasteiger partial charge on any atom is 0.407 e. The van der Waals surface area contributed by atoms with Crippen molar-refractivity contribution in [2.45, 2.75) is 50.1 Å². The molecule has 4 rings (SSSR count). The number of sulfone groups is 1. The fraction of sp³-hybridized carbons (Fsp3) is 0.517. The molecule has 2 aromatic carbocycles. The van der Waals surface area contributed by atoms with Gasteiger partial charge < -0.3 is 24.6 Å². The van der Waals surface area contributed by atoms with Gasteiger partial charge in [0, 0.05) is 25.9 Å². The lowest BCUT2D eigenvalue weighted by Gasteiger charge is -2.38. The van der Waals surface area contributed by atoms with Crippen molar-refractivity contribution in [3.05, 3.63) is 59.7 Å². The third-order valence-corrected chi connectivity index (χ3v) is 9.09. The minimum Gasteiger partial charge on any atom is -0.497 e. The average Bonchev–Trinajstić information content (AvgIpc) is 3.21. The minimum absolute atomic E-state index is 0.191. The van der Waals surface area contributed by atoms with E-state index in [-0.39, 0.29) is 22.3 Å². The number of alkyl carbamates (subject to hydrolysis) is 1. The first kappa shape index (κ1) is 28.9. The first-order chi connectivity index (χ1) is 18.6. The highest BCUT2D eigenvalue weighted by molar-refractivity contribution is 7.90. The first-order valence-corrected chi connectivity index (χ1v) is 15.4. The molecule has 2 aromatic rings. The van der Waals surface area contributed by atoms with Gasteiger partial charge in [0.05, 0.1) is 30.1 Å². The Bertz CT molecular complexity index is 1240. The fourth-order valence-corrected chi connectivity index (χ4v) is 6.19. The van der Waals surface area contributed by atoms with E-state index in [1.807, 2.05) is 29.2 Å². The molecule has 2 aliphatic rings. The van der Waals surface area contributed by atoms with E-state index in [9.17, 15) is 18.0 Å². The van der Waals surface area contributed by atoms with Crippen LogP contribution in [0.1, 0.15) is 49.8 Å². The van der Waals surface area contributed by atoms with Gasteiger partial charge in [-0.3, -0.25) is 4.79 Å². The molecule has 2 heterocycles. The molecule has 0 aromatic heterocycles. The summed E-state index contributed by atoms with van der Waals surface area (Å²) in [7, 11) is -1.62. The maximum atomic E-state index is 13.4. The van der Waals surface area contributed by atoms with E-state index in [4.69, 9.17) is 9.47 Å². The average molecular weight is 558 g/mol. The summed E-state index contributed by atoms with van der Waals surface area (Å²) < 4.78 is 33.8. The molecule has 1 unspecified atom stereocenters. The predicted molar refractivity (Wildman–Crippen MR) is 148 cm³/mol. The zero-order valence-corrected chi connectivity index (χ0v) is 23.8. The Kier molecular flexibility index (Phi) is 9.17. The van der Waals surface area contributed by atoms with Crippen LogP contribution in [0.4, 0.5) is 4.79 Å². The Morgan fingerprint density at radius 1 is 1.03 bits per heavy atom. The van der Waals surface area contributed by atoms with Crippen LogP contribution in [0.3, 0.4) is 0 Å². The summed E-state index contributed by atoms with van der Waals surface area (Å²) in [5.74, 6) is 0.964. The molecular weight excluding hydrogens is 518 g/mol. The Morgan fingerprint density at radius 3 is 2.26 bits per heavy atom. The molecular formula is C29H39N3O6S. The van der Waals surface area contributed by atoms with E-state index >= 15 is 0 Å². The highest BCUT2D eigenvalue weighted by Crippen LogP contribution is 2.42. The summed E-state index contributed by atoms with van der Waals surface area (Å²) in [5, 5.41) is 2.98. The molecule has 0 saturated carbocycles. The lowest BCUT2D eigenvalue weighted by Crippen LogP contribution is -2.45. The topological polar surface area (TPSA) is 105 Å². The van der Waals surface area contributed by atoms with Gasteiger partial charge in [0.25, 0.3) is 0 Å². The minimum atomic E-state index is -3.24.